The van der Waals surface area contributed by atoms with Gasteiger partial charge in [0.05, 0.1) is 6.10 Å². The summed E-state index contributed by atoms with van der Waals surface area (Å²) in [7, 11) is 0. The maximum absolute atomic E-state index is 10.4. The Labute approximate surface area is 219 Å². The van der Waals surface area contributed by atoms with Gasteiger partial charge in [0.25, 0.3) is 0 Å². The molecule has 2 heterocycles. The van der Waals surface area contributed by atoms with Gasteiger partial charge in [0.2, 0.25) is 0 Å². The molecule has 1 aliphatic heterocycles. The molecule has 0 spiro atoms. The molecule has 1 saturated carbocycles. The molecule has 4 heteroatoms. The summed E-state index contributed by atoms with van der Waals surface area (Å²) in [6.45, 7) is 11.2. The number of hydrogen-bond acceptors (Lipinski definition) is 3. The molecule has 0 bridgehead atoms. The second-order valence-corrected chi connectivity index (χ2v) is 10.8. The normalized spacial score (nSPS) is 22.4. The van der Waals surface area contributed by atoms with Crippen molar-refractivity contribution < 1.29 is 9.84 Å². The lowest BCUT2D eigenvalue weighted by atomic mass is 9.70. The van der Waals surface area contributed by atoms with E-state index in [-0.39, 0.29) is 17.8 Å². The van der Waals surface area contributed by atoms with E-state index in [1.807, 2.05) is 18.3 Å². The van der Waals surface area contributed by atoms with Gasteiger partial charge in [0.1, 0.15) is 11.5 Å². The van der Waals surface area contributed by atoms with Crippen molar-refractivity contribution in [1.29, 1.82) is 0 Å². The number of aromatic nitrogens is 1. The number of H-pyrrole nitrogens is 1. The second kappa shape index (κ2) is 9.66. The summed E-state index contributed by atoms with van der Waals surface area (Å²) in [5.74, 6) is 1.32. The Morgan fingerprint density at radius 2 is 1.89 bits per heavy atom. The van der Waals surface area contributed by atoms with Crippen molar-refractivity contribution in [2.24, 2.45) is 0 Å². The minimum atomic E-state index is -0.0634. The summed E-state index contributed by atoms with van der Waals surface area (Å²) < 4.78 is 6.49. The quantitative estimate of drug-likeness (QED) is 0.305. The third-order valence-electron chi connectivity index (χ3n) is 8.37. The maximum Gasteiger partial charge on any atom is 0.118 e. The Morgan fingerprint density at radius 3 is 2.68 bits per heavy atom. The monoisotopic (exact) mass is 492 g/mol. The number of phenolic OH excluding ortho intramolecular Hbond substituents is 1. The summed E-state index contributed by atoms with van der Waals surface area (Å²) in [6.07, 6.45) is 9.51. The van der Waals surface area contributed by atoms with Crippen molar-refractivity contribution in [1.82, 2.24) is 10.3 Å². The highest BCUT2D eigenvalue weighted by Gasteiger charge is 2.38. The maximum atomic E-state index is 10.4. The van der Waals surface area contributed by atoms with Crippen LogP contribution in [-0.2, 0) is 4.74 Å². The van der Waals surface area contributed by atoms with Crippen molar-refractivity contribution in [3.8, 4) is 5.75 Å². The zero-order valence-electron chi connectivity index (χ0n) is 21.6. The van der Waals surface area contributed by atoms with Crippen LogP contribution < -0.4 is 5.32 Å². The molecule has 2 unspecified atom stereocenters. The minimum absolute atomic E-state index is 0.0634. The van der Waals surface area contributed by atoms with Crippen LogP contribution in [0.15, 0.2) is 102 Å². The van der Waals surface area contributed by atoms with Gasteiger partial charge in [-0.25, -0.2) is 0 Å². The number of dihydropyridines is 1. The standard InChI is InChI=1S/C33H36N2O2/c1-4-28-32(21(3)37-27-10-5-6-11-27)33(24-8-7-9-26(36)17-24)31-20(2)16-25(19-30(31)35-28)23-13-12-22-14-15-34-29(22)18-23/h7-9,12-15,17-18,25,27,33-36H,2-6,10-11,16,19H2,1H3. The first-order chi connectivity index (χ1) is 18.0. The number of aromatic amines is 1. The van der Waals surface area contributed by atoms with Crippen molar-refractivity contribution >= 4 is 10.9 Å². The van der Waals surface area contributed by atoms with Crippen LogP contribution in [0.4, 0.5) is 0 Å². The summed E-state index contributed by atoms with van der Waals surface area (Å²) in [5.41, 5.74) is 9.42. The van der Waals surface area contributed by atoms with E-state index < -0.39 is 0 Å². The smallest absolute Gasteiger partial charge is 0.118 e. The number of fused-ring (bicyclic) bond motifs is 1. The Hall–Kier alpha value is -3.66. The van der Waals surface area contributed by atoms with E-state index in [0.29, 0.717) is 5.92 Å². The fourth-order valence-corrected chi connectivity index (χ4v) is 6.59. The minimum Gasteiger partial charge on any atom is -0.508 e. The summed E-state index contributed by atoms with van der Waals surface area (Å²) in [6, 6.07) is 16.5. The summed E-state index contributed by atoms with van der Waals surface area (Å²) >= 11 is 0. The third-order valence-corrected chi connectivity index (χ3v) is 8.37. The van der Waals surface area contributed by atoms with E-state index in [1.54, 1.807) is 6.07 Å². The predicted octanol–water partition coefficient (Wildman–Crippen LogP) is 8.09. The van der Waals surface area contributed by atoms with Gasteiger partial charge in [-0.05, 0) is 103 Å². The molecule has 0 amide bonds. The van der Waals surface area contributed by atoms with Gasteiger partial charge >= 0.3 is 0 Å². The number of phenols is 1. The first-order valence-corrected chi connectivity index (χ1v) is 13.6. The second-order valence-electron chi connectivity index (χ2n) is 10.8. The fraction of sp³-hybridized carbons (Fsp3) is 0.333. The number of benzene rings is 2. The Morgan fingerprint density at radius 1 is 1.05 bits per heavy atom. The van der Waals surface area contributed by atoms with Crippen LogP contribution in [0.1, 0.15) is 74.8 Å². The van der Waals surface area contributed by atoms with E-state index in [1.165, 1.54) is 40.6 Å². The zero-order chi connectivity index (χ0) is 25.5. The van der Waals surface area contributed by atoms with Crippen LogP contribution in [0.25, 0.3) is 10.9 Å². The molecule has 1 fully saturated rings. The van der Waals surface area contributed by atoms with Crippen LogP contribution in [0.2, 0.25) is 0 Å². The van der Waals surface area contributed by atoms with E-state index in [2.05, 4.69) is 60.7 Å². The molecule has 2 aromatic carbocycles. The molecule has 1 aromatic heterocycles. The largest absolute Gasteiger partial charge is 0.508 e. The number of rotatable bonds is 6. The molecule has 3 N–H and O–H groups in total. The Bertz CT molecular complexity index is 1430. The topological polar surface area (TPSA) is 57.3 Å². The Balaban J connectivity index is 1.41. The van der Waals surface area contributed by atoms with E-state index >= 15 is 0 Å². The van der Waals surface area contributed by atoms with Crippen molar-refractivity contribution in [2.75, 3.05) is 0 Å². The van der Waals surface area contributed by atoms with E-state index in [9.17, 15) is 5.11 Å². The first kappa shape index (κ1) is 23.7. The molecule has 0 saturated heterocycles. The highest BCUT2D eigenvalue weighted by Crippen LogP contribution is 2.51. The molecule has 190 valence electrons. The molecule has 37 heavy (non-hydrogen) atoms. The van der Waals surface area contributed by atoms with Gasteiger partial charge in [0, 0.05) is 34.6 Å². The van der Waals surface area contributed by atoms with Gasteiger partial charge in [-0.15, -0.1) is 0 Å². The van der Waals surface area contributed by atoms with Crippen LogP contribution in [-0.4, -0.2) is 16.2 Å². The number of allylic oxidation sites excluding steroid dienone is 5. The van der Waals surface area contributed by atoms with Gasteiger partial charge in [-0.3, -0.25) is 0 Å². The molecule has 6 rings (SSSR count). The molecular formula is C33H36N2O2. The van der Waals surface area contributed by atoms with Gasteiger partial charge < -0.3 is 20.1 Å². The molecule has 3 aromatic rings. The Kier molecular flexibility index (Phi) is 6.19. The lowest BCUT2D eigenvalue weighted by molar-refractivity contribution is 0.127. The summed E-state index contributed by atoms with van der Waals surface area (Å²) in [4.78, 5) is 3.36. The van der Waals surface area contributed by atoms with Crippen LogP contribution >= 0.6 is 0 Å². The van der Waals surface area contributed by atoms with Crippen molar-refractivity contribution in [2.45, 2.75) is 69.8 Å². The van der Waals surface area contributed by atoms with Gasteiger partial charge in [-0.1, -0.05) is 44.3 Å². The third kappa shape index (κ3) is 4.39. The van der Waals surface area contributed by atoms with Crippen LogP contribution in [0.5, 0.6) is 5.75 Å². The number of hydrogen-bond donors (Lipinski definition) is 3. The van der Waals surface area contributed by atoms with Gasteiger partial charge in [0.15, 0.2) is 0 Å². The number of nitrogens with one attached hydrogen (secondary N) is 2. The van der Waals surface area contributed by atoms with Crippen molar-refractivity contribution in [3.05, 3.63) is 113 Å². The van der Waals surface area contributed by atoms with E-state index in [0.717, 1.165) is 60.3 Å². The fourth-order valence-electron chi connectivity index (χ4n) is 6.59. The van der Waals surface area contributed by atoms with Crippen LogP contribution in [0.3, 0.4) is 0 Å². The molecular weight excluding hydrogens is 456 g/mol. The zero-order valence-corrected chi connectivity index (χ0v) is 21.6. The lowest BCUT2D eigenvalue weighted by Crippen LogP contribution is -2.32. The summed E-state index contributed by atoms with van der Waals surface area (Å²) in [5, 5.41) is 15.5. The molecule has 2 atom stereocenters. The SMILES string of the molecule is C=C1CC(c2ccc3cc[nH]c3c2)CC2=C1C(c1cccc(O)c1)C(C(=C)OC1CCCC1)=C(CC)N2. The van der Waals surface area contributed by atoms with Crippen molar-refractivity contribution in [3.63, 3.8) is 0 Å². The molecule has 0 radical (unpaired) electrons. The first-order valence-electron chi connectivity index (χ1n) is 13.6. The molecule has 3 aliphatic rings. The number of ether oxygens (including phenoxy) is 1. The lowest BCUT2D eigenvalue weighted by Gasteiger charge is -2.40. The highest BCUT2D eigenvalue weighted by molar-refractivity contribution is 5.80. The number of aromatic hydroxyl groups is 1. The highest BCUT2D eigenvalue weighted by atomic mass is 16.5. The average molecular weight is 493 g/mol. The molecule has 2 aliphatic carbocycles. The van der Waals surface area contributed by atoms with Crippen LogP contribution in [0, 0.1) is 0 Å². The predicted molar refractivity (Wildman–Crippen MR) is 150 cm³/mol. The van der Waals surface area contributed by atoms with Gasteiger partial charge in [-0.2, -0.15) is 0 Å². The average Bonchev–Trinajstić information content (AvgIpc) is 3.59. The van der Waals surface area contributed by atoms with E-state index in [4.69, 9.17) is 4.74 Å². The molecule has 4 nitrogen and oxygen atoms in total.